The Kier molecular flexibility index (Phi) is 5.96. The van der Waals surface area contributed by atoms with Crippen LogP contribution in [0, 0.1) is 5.41 Å². The van der Waals surface area contributed by atoms with Gasteiger partial charge in [0.15, 0.2) is 0 Å². The van der Waals surface area contributed by atoms with Crippen molar-refractivity contribution in [2.75, 3.05) is 19.6 Å². The molecule has 1 aliphatic rings. The molecule has 100 valence electrons. The number of nitrogens with zero attached hydrogens (tertiary/aromatic N) is 1. The van der Waals surface area contributed by atoms with E-state index in [-0.39, 0.29) is 5.41 Å². The van der Waals surface area contributed by atoms with Crippen molar-refractivity contribution in [1.82, 2.24) is 4.90 Å². The number of amides is 1. The van der Waals surface area contributed by atoms with Crippen molar-refractivity contribution in [3.05, 3.63) is 0 Å². The first kappa shape index (κ1) is 14.5. The van der Waals surface area contributed by atoms with Gasteiger partial charge in [-0.15, -0.1) is 0 Å². The highest BCUT2D eigenvalue weighted by molar-refractivity contribution is 5.76. The van der Waals surface area contributed by atoms with Crippen LogP contribution in [0.5, 0.6) is 0 Å². The van der Waals surface area contributed by atoms with Crippen LogP contribution in [0.3, 0.4) is 0 Å². The summed E-state index contributed by atoms with van der Waals surface area (Å²) in [5, 5.41) is 0. The maximum Gasteiger partial charge on any atom is 0.222 e. The Labute approximate surface area is 106 Å². The summed E-state index contributed by atoms with van der Waals surface area (Å²) in [4.78, 5) is 13.8. The number of unbranched alkanes of at least 4 members (excludes halogenated alkanes) is 1. The molecule has 1 rings (SSSR count). The van der Waals surface area contributed by atoms with Crippen molar-refractivity contribution in [1.29, 1.82) is 0 Å². The third kappa shape index (κ3) is 5.53. The van der Waals surface area contributed by atoms with Gasteiger partial charge in [-0.1, -0.05) is 26.7 Å². The second kappa shape index (κ2) is 7.00. The second-order valence-corrected chi connectivity index (χ2v) is 6.02. The summed E-state index contributed by atoms with van der Waals surface area (Å²) >= 11 is 0. The predicted molar refractivity (Wildman–Crippen MR) is 71.7 cm³/mol. The zero-order chi connectivity index (χ0) is 12.7. The lowest BCUT2D eigenvalue weighted by Gasteiger charge is -2.24. The predicted octanol–water partition coefficient (Wildman–Crippen LogP) is 2.54. The van der Waals surface area contributed by atoms with E-state index in [1.165, 1.54) is 19.3 Å². The first-order chi connectivity index (χ1) is 8.05. The lowest BCUT2D eigenvalue weighted by molar-refractivity contribution is -0.130. The van der Waals surface area contributed by atoms with Crippen LogP contribution in [-0.2, 0) is 4.79 Å². The molecule has 0 radical (unpaired) electrons. The Bertz CT molecular complexity index is 238. The number of hydrogen-bond donors (Lipinski definition) is 1. The van der Waals surface area contributed by atoms with E-state index in [2.05, 4.69) is 18.7 Å². The third-order valence-corrected chi connectivity index (χ3v) is 3.76. The zero-order valence-corrected chi connectivity index (χ0v) is 11.5. The van der Waals surface area contributed by atoms with Crippen molar-refractivity contribution in [3.8, 4) is 0 Å². The summed E-state index contributed by atoms with van der Waals surface area (Å²) in [6.45, 7) is 7.09. The number of rotatable bonds is 6. The Morgan fingerprint density at radius 1 is 1.24 bits per heavy atom. The Morgan fingerprint density at radius 3 is 2.71 bits per heavy atom. The smallest absolute Gasteiger partial charge is 0.222 e. The van der Waals surface area contributed by atoms with Gasteiger partial charge in [0.25, 0.3) is 0 Å². The van der Waals surface area contributed by atoms with Gasteiger partial charge in [-0.25, -0.2) is 0 Å². The lowest BCUT2D eigenvalue weighted by atomic mass is 9.87. The normalized spacial score (nSPS) is 18.3. The van der Waals surface area contributed by atoms with Crippen molar-refractivity contribution < 1.29 is 4.79 Å². The van der Waals surface area contributed by atoms with Gasteiger partial charge in [0.05, 0.1) is 0 Å². The molecule has 1 amide bonds. The molecule has 1 heterocycles. The molecule has 0 aromatic heterocycles. The van der Waals surface area contributed by atoms with Gasteiger partial charge in [-0.3, -0.25) is 4.79 Å². The topological polar surface area (TPSA) is 46.3 Å². The standard InChI is InChI=1S/C14H28N2O/c1-14(2,12-15)9-5-7-11-16-10-6-3-4-8-13(16)17/h3-12,15H2,1-2H3. The summed E-state index contributed by atoms with van der Waals surface area (Å²) in [7, 11) is 0. The minimum atomic E-state index is 0.253. The van der Waals surface area contributed by atoms with E-state index < -0.39 is 0 Å². The molecule has 17 heavy (non-hydrogen) atoms. The molecule has 0 atom stereocenters. The van der Waals surface area contributed by atoms with E-state index in [0.29, 0.717) is 5.91 Å². The van der Waals surface area contributed by atoms with Gasteiger partial charge in [0.1, 0.15) is 0 Å². The number of carbonyl (C=O) groups is 1. The van der Waals surface area contributed by atoms with Crippen molar-refractivity contribution in [2.24, 2.45) is 11.1 Å². The highest BCUT2D eigenvalue weighted by atomic mass is 16.2. The third-order valence-electron chi connectivity index (χ3n) is 3.76. The van der Waals surface area contributed by atoms with Crippen LogP contribution in [-0.4, -0.2) is 30.4 Å². The molecule has 0 aliphatic carbocycles. The number of carbonyl (C=O) groups excluding carboxylic acids is 1. The van der Waals surface area contributed by atoms with E-state index in [1.54, 1.807) is 0 Å². The molecule has 0 bridgehead atoms. The first-order valence-electron chi connectivity index (χ1n) is 7.03. The molecular formula is C14H28N2O. The molecule has 1 aliphatic heterocycles. The fourth-order valence-corrected chi connectivity index (χ4v) is 2.28. The number of likely N-dealkylation sites (tertiary alicyclic amines) is 1. The van der Waals surface area contributed by atoms with Gasteiger partial charge in [0, 0.05) is 19.5 Å². The molecule has 0 aromatic carbocycles. The monoisotopic (exact) mass is 240 g/mol. The quantitative estimate of drug-likeness (QED) is 0.725. The largest absolute Gasteiger partial charge is 0.343 e. The molecular weight excluding hydrogens is 212 g/mol. The average molecular weight is 240 g/mol. The molecule has 1 fully saturated rings. The summed E-state index contributed by atoms with van der Waals surface area (Å²) < 4.78 is 0. The minimum Gasteiger partial charge on any atom is -0.343 e. The van der Waals surface area contributed by atoms with Gasteiger partial charge in [0.2, 0.25) is 5.91 Å². The summed E-state index contributed by atoms with van der Waals surface area (Å²) in [6.07, 6.45) is 7.68. The minimum absolute atomic E-state index is 0.253. The zero-order valence-electron chi connectivity index (χ0n) is 11.5. The van der Waals surface area contributed by atoms with Crippen LogP contribution < -0.4 is 5.73 Å². The van der Waals surface area contributed by atoms with Crippen molar-refractivity contribution >= 4 is 5.91 Å². The van der Waals surface area contributed by atoms with E-state index in [9.17, 15) is 4.79 Å². The van der Waals surface area contributed by atoms with Crippen LogP contribution in [0.4, 0.5) is 0 Å². The van der Waals surface area contributed by atoms with Crippen molar-refractivity contribution in [2.45, 2.75) is 58.8 Å². The SMILES string of the molecule is CC(C)(CN)CCCCN1CCCCCC1=O. The van der Waals surface area contributed by atoms with Crippen LogP contribution in [0.1, 0.15) is 58.8 Å². The highest BCUT2D eigenvalue weighted by Crippen LogP contribution is 2.21. The molecule has 3 heteroatoms. The fourth-order valence-electron chi connectivity index (χ4n) is 2.28. The van der Waals surface area contributed by atoms with Gasteiger partial charge >= 0.3 is 0 Å². The maximum atomic E-state index is 11.8. The summed E-state index contributed by atoms with van der Waals surface area (Å²) in [5.41, 5.74) is 5.96. The molecule has 0 unspecified atom stereocenters. The van der Waals surface area contributed by atoms with E-state index >= 15 is 0 Å². The Balaban J connectivity index is 2.19. The molecule has 0 aromatic rings. The Morgan fingerprint density at radius 2 is 2.00 bits per heavy atom. The van der Waals surface area contributed by atoms with Gasteiger partial charge in [-0.05, 0) is 37.6 Å². The average Bonchev–Trinajstić information content (AvgIpc) is 2.50. The van der Waals surface area contributed by atoms with E-state index in [4.69, 9.17) is 5.73 Å². The lowest BCUT2D eigenvalue weighted by Crippen LogP contribution is -2.31. The molecule has 0 spiro atoms. The number of hydrogen-bond acceptors (Lipinski definition) is 2. The van der Waals surface area contributed by atoms with Gasteiger partial charge in [-0.2, -0.15) is 0 Å². The molecule has 3 nitrogen and oxygen atoms in total. The van der Waals surface area contributed by atoms with E-state index in [1.807, 2.05) is 0 Å². The van der Waals surface area contributed by atoms with E-state index in [0.717, 1.165) is 45.3 Å². The van der Waals surface area contributed by atoms with Crippen LogP contribution in [0.15, 0.2) is 0 Å². The maximum absolute atomic E-state index is 11.8. The molecule has 1 saturated heterocycles. The van der Waals surface area contributed by atoms with Crippen LogP contribution in [0.2, 0.25) is 0 Å². The fraction of sp³-hybridized carbons (Fsp3) is 0.929. The molecule has 2 N–H and O–H groups in total. The highest BCUT2D eigenvalue weighted by Gasteiger charge is 2.17. The van der Waals surface area contributed by atoms with Crippen molar-refractivity contribution in [3.63, 3.8) is 0 Å². The van der Waals surface area contributed by atoms with Crippen LogP contribution in [0.25, 0.3) is 0 Å². The first-order valence-corrected chi connectivity index (χ1v) is 7.03. The van der Waals surface area contributed by atoms with Gasteiger partial charge < -0.3 is 10.6 Å². The molecule has 0 saturated carbocycles. The van der Waals surface area contributed by atoms with Crippen LogP contribution >= 0.6 is 0 Å². The summed E-state index contributed by atoms with van der Waals surface area (Å²) in [5.74, 6) is 0.362. The second-order valence-electron chi connectivity index (χ2n) is 6.02. The number of nitrogens with two attached hydrogens (primary N) is 1. The summed E-state index contributed by atoms with van der Waals surface area (Å²) in [6, 6.07) is 0. The Hall–Kier alpha value is -0.570.